The van der Waals surface area contributed by atoms with Gasteiger partial charge in [0.15, 0.2) is 9.84 Å². The average Bonchev–Trinajstić information content (AvgIpc) is 2.90. The smallest absolute Gasteiger partial charge is 0.223 e. The summed E-state index contributed by atoms with van der Waals surface area (Å²) in [7, 11) is -1.81. The lowest BCUT2D eigenvalue weighted by molar-refractivity contribution is -0.129. The van der Waals surface area contributed by atoms with Crippen LogP contribution in [0.25, 0.3) is 0 Å². The SMILES string of the molecule is CN(Cc1ccc(Br)s1)C(=O)CCS(=O)(=O)c1ccc(Cl)cc1. The number of carbonyl (C=O) groups is 1. The molecule has 1 amide bonds. The molecule has 2 rings (SSSR count). The number of hydrogen-bond donors (Lipinski definition) is 0. The third-order valence-electron chi connectivity index (χ3n) is 3.21. The van der Waals surface area contributed by atoms with Crippen LogP contribution in [0, 0.1) is 0 Å². The molecule has 0 radical (unpaired) electrons. The Bertz CT molecular complexity index is 787. The van der Waals surface area contributed by atoms with Crippen molar-refractivity contribution < 1.29 is 13.2 Å². The summed E-state index contributed by atoms with van der Waals surface area (Å²) >= 11 is 10.7. The fraction of sp³-hybridized carbons (Fsp3) is 0.267. The molecule has 4 nitrogen and oxygen atoms in total. The van der Waals surface area contributed by atoms with Crippen LogP contribution >= 0.6 is 38.9 Å². The zero-order chi connectivity index (χ0) is 17.0. The van der Waals surface area contributed by atoms with E-state index >= 15 is 0 Å². The van der Waals surface area contributed by atoms with E-state index in [-0.39, 0.29) is 23.0 Å². The van der Waals surface area contributed by atoms with Gasteiger partial charge in [-0.25, -0.2) is 8.42 Å². The maximum atomic E-state index is 12.2. The highest BCUT2D eigenvalue weighted by Gasteiger charge is 2.18. The number of carbonyl (C=O) groups excluding carboxylic acids is 1. The van der Waals surface area contributed by atoms with Gasteiger partial charge in [-0.15, -0.1) is 11.3 Å². The van der Waals surface area contributed by atoms with Gasteiger partial charge in [0.05, 0.1) is 21.0 Å². The summed E-state index contributed by atoms with van der Waals surface area (Å²) in [4.78, 5) is 14.9. The first kappa shape index (κ1) is 18.4. The van der Waals surface area contributed by atoms with E-state index in [0.717, 1.165) is 8.66 Å². The molecule has 8 heteroatoms. The van der Waals surface area contributed by atoms with Gasteiger partial charge in [0.1, 0.15) is 0 Å². The molecular weight excluding hydrogens is 422 g/mol. The van der Waals surface area contributed by atoms with Crippen molar-refractivity contribution in [2.45, 2.75) is 17.9 Å². The van der Waals surface area contributed by atoms with Crippen molar-refractivity contribution in [2.75, 3.05) is 12.8 Å². The normalized spacial score (nSPS) is 11.4. The first-order valence-electron chi connectivity index (χ1n) is 6.74. The number of thiophene rings is 1. The second-order valence-electron chi connectivity index (χ2n) is 4.98. The van der Waals surface area contributed by atoms with Crippen molar-refractivity contribution in [2.24, 2.45) is 0 Å². The van der Waals surface area contributed by atoms with E-state index in [4.69, 9.17) is 11.6 Å². The van der Waals surface area contributed by atoms with Crippen LogP contribution in [-0.4, -0.2) is 32.0 Å². The molecule has 0 aliphatic heterocycles. The molecule has 1 aromatic heterocycles. The van der Waals surface area contributed by atoms with Gasteiger partial charge < -0.3 is 4.90 Å². The maximum Gasteiger partial charge on any atom is 0.223 e. The molecule has 0 N–H and O–H groups in total. The second kappa shape index (κ2) is 7.79. The number of hydrogen-bond acceptors (Lipinski definition) is 4. The molecule has 0 atom stereocenters. The molecule has 23 heavy (non-hydrogen) atoms. The summed E-state index contributed by atoms with van der Waals surface area (Å²) in [5.74, 6) is -0.418. The summed E-state index contributed by atoms with van der Waals surface area (Å²) in [5, 5.41) is 0.474. The number of sulfone groups is 1. The molecule has 124 valence electrons. The van der Waals surface area contributed by atoms with E-state index in [0.29, 0.717) is 11.6 Å². The van der Waals surface area contributed by atoms with Crippen molar-refractivity contribution in [1.82, 2.24) is 4.90 Å². The Kier molecular flexibility index (Phi) is 6.25. The van der Waals surface area contributed by atoms with Crippen molar-refractivity contribution in [1.29, 1.82) is 0 Å². The van der Waals surface area contributed by atoms with E-state index in [1.807, 2.05) is 12.1 Å². The highest BCUT2D eigenvalue weighted by Crippen LogP contribution is 2.23. The van der Waals surface area contributed by atoms with Crippen LogP contribution in [0.3, 0.4) is 0 Å². The van der Waals surface area contributed by atoms with Crippen molar-refractivity contribution >= 4 is 54.6 Å². The van der Waals surface area contributed by atoms with Crippen LogP contribution in [0.2, 0.25) is 5.02 Å². The Morgan fingerprint density at radius 2 is 1.87 bits per heavy atom. The lowest BCUT2D eigenvalue weighted by atomic mass is 10.4. The minimum atomic E-state index is -3.49. The first-order valence-corrected chi connectivity index (χ1v) is 10.4. The van der Waals surface area contributed by atoms with Crippen molar-refractivity contribution in [3.05, 3.63) is 50.1 Å². The average molecular weight is 437 g/mol. The van der Waals surface area contributed by atoms with Crippen LogP contribution in [-0.2, 0) is 21.2 Å². The third kappa shape index (κ3) is 5.31. The zero-order valence-electron chi connectivity index (χ0n) is 12.3. The minimum absolute atomic E-state index is 0.0476. The summed E-state index contributed by atoms with van der Waals surface area (Å²) in [6.07, 6.45) is -0.0476. The van der Waals surface area contributed by atoms with Crippen LogP contribution < -0.4 is 0 Å². The second-order valence-corrected chi connectivity index (χ2v) is 10.1. The summed E-state index contributed by atoms with van der Waals surface area (Å²) < 4.78 is 25.4. The number of nitrogens with zero attached hydrogens (tertiary/aromatic N) is 1. The highest BCUT2D eigenvalue weighted by molar-refractivity contribution is 9.11. The number of amides is 1. The lowest BCUT2D eigenvalue weighted by Crippen LogP contribution is -2.27. The lowest BCUT2D eigenvalue weighted by Gasteiger charge is -2.16. The van der Waals surface area contributed by atoms with Gasteiger partial charge in [0, 0.05) is 23.4 Å². The van der Waals surface area contributed by atoms with Gasteiger partial charge in [-0.1, -0.05) is 11.6 Å². The Balaban J connectivity index is 1.93. The van der Waals surface area contributed by atoms with Gasteiger partial charge >= 0.3 is 0 Å². The molecule has 0 fully saturated rings. The van der Waals surface area contributed by atoms with E-state index in [2.05, 4.69) is 15.9 Å². The van der Waals surface area contributed by atoms with E-state index < -0.39 is 9.84 Å². The quantitative estimate of drug-likeness (QED) is 0.688. The van der Waals surface area contributed by atoms with Crippen LogP contribution in [0.5, 0.6) is 0 Å². The Hall–Kier alpha value is -0.890. The molecule has 0 bridgehead atoms. The first-order chi connectivity index (χ1) is 10.8. The molecular formula is C15H15BrClNO3S2. The number of benzene rings is 1. The van der Waals surface area contributed by atoms with Gasteiger partial charge in [-0.3, -0.25) is 4.79 Å². The molecule has 1 aromatic carbocycles. The predicted molar refractivity (Wildman–Crippen MR) is 96.6 cm³/mol. The number of halogens is 2. The van der Waals surface area contributed by atoms with E-state index in [1.165, 1.54) is 29.2 Å². The third-order valence-corrected chi connectivity index (χ3v) is 6.80. The van der Waals surface area contributed by atoms with Crippen LogP contribution in [0.1, 0.15) is 11.3 Å². The summed E-state index contributed by atoms with van der Waals surface area (Å²) in [6, 6.07) is 9.81. The van der Waals surface area contributed by atoms with Gasteiger partial charge in [0.25, 0.3) is 0 Å². The Morgan fingerprint density at radius 1 is 1.22 bits per heavy atom. The monoisotopic (exact) mass is 435 g/mol. The predicted octanol–water partition coefficient (Wildman–Crippen LogP) is 3.99. The van der Waals surface area contributed by atoms with Gasteiger partial charge in [-0.05, 0) is 52.3 Å². The largest absolute Gasteiger partial charge is 0.341 e. The van der Waals surface area contributed by atoms with Crippen molar-refractivity contribution in [3.8, 4) is 0 Å². The van der Waals surface area contributed by atoms with Gasteiger partial charge in [0.2, 0.25) is 5.91 Å². The molecule has 2 aromatic rings. The molecule has 0 spiro atoms. The molecule has 0 saturated carbocycles. The number of rotatable bonds is 6. The van der Waals surface area contributed by atoms with Crippen molar-refractivity contribution in [3.63, 3.8) is 0 Å². The van der Waals surface area contributed by atoms with Gasteiger partial charge in [-0.2, -0.15) is 0 Å². The highest BCUT2D eigenvalue weighted by atomic mass is 79.9. The molecule has 1 heterocycles. The maximum absolute atomic E-state index is 12.2. The molecule has 0 unspecified atom stereocenters. The standard InChI is InChI=1S/C15H15BrClNO3S2/c1-18(10-12-4-7-14(16)22-12)15(19)8-9-23(20,21)13-5-2-11(17)3-6-13/h2-7H,8-10H2,1H3. The van der Waals surface area contributed by atoms with Crippen LogP contribution in [0.4, 0.5) is 0 Å². The Morgan fingerprint density at radius 3 is 2.43 bits per heavy atom. The van der Waals surface area contributed by atoms with Crippen LogP contribution in [0.15, 0.2) is 45.1 Å². The fourth-order valence-electron chi connectivity index (χ4n) is 1.93. The zero-order valence-corrected chi connectivity index (χ0v) is 16.3. The minimum Gasteiger partial charge on any atom is -0.341 e. The topological polar surface area (TPSA) is 54.5 Å². The summed E-state index contributed by atoms with van der Waals surface area (Å²) in [5.41, 5.74) is 0. The Labute approximate surface area is 153 Å². The van der Waals surface area contributed by atoms with E-state index in [1.54, 1.807) is 18.4 Å². The summed E-state index contributed by atoms with van der Waals surface area (Å²) in [6.45, 7) is 0.468. The molecule has 0 aliphatic carbocycles. The van der Waals surface area contributed by atoms with E-state index in [9.17, 15) is 13.2 Å². The fourth-order valence-corrected chi connectivity index (χ4v) is 4.82. The molecule has 0 saturated heterocycles. The molecule has 0 aliphatic rings.